The van der Waals surface area contributed by atoms with Crippen LogP contribution in [-0.4, -0.2) is 30.0 Å². The van der Waals surface area contributed by atoms with Crippen molar-refractivity contribution in [2.24, 2.45) is 0 Å². The summed E-state index contributed by atoms with van der Waals surface area (Å²) in [6, 6.07) is 11.9. The molecular formula is C17H19ClN2OS2. The van der Waals surface area contributed by atoms with Crippen LogP contribution in [-0.2, 0) is 4.79 Å². The van der Waals surface area contributed by atoms with Gasteiger partial charge in [0, 0.05) is 40.4 Å². The standard InChI is InChI=1S/C17H19ClN2OS2/c18-13-5-3-12(4-6-13)17(15-2-1-8-23-15)20-16(21)10-14-11-22-9-7-19-14/h1-6,8,14,17,19H,7,9-11H2,(H,20,21). The molecule has 0 spiro atoms. The first-order chi connectivity index (χ1) is 11.2. The molecule has 1 amide bonds. The number of hydrogen-bond acceptors (Lipinski definition) is 4. The van der Waals surface area contributed by atoms with E-state index in [1.807, 2.05) is 47.5 Å². The topological polar surface area (TPSA) is 41.1 Å². The van der Waals surface area contributed by atoms with E-state index in [2.05, 4.69) is 16.7 Å². The number of hydrogen-bond donors (Lipinski definition) is 2. The van der Waals surface area contributed by atoms with Crippen molar-refractivity contribution in [2.75, 3.05) is 18.1 Å². The minimum Gasteiger partial charge on any atom is -0.344 e. The zero-order valence-corrected chi connectivity index (χ0v) is 15.0. The summed E-state index contributed by atoms with van der Waals surface area (Å²) in [7, 11) is 0. The van der Waals surface area contributed by atoms with Crippen LogP contribution in [0.1, 0.15) is 22.9 Å². The third-order valence-electron chi connectivity index (χ3n) is 3.77. The summed E-state index contributed by atoms with van der Waals surface area (Å²) in [5.41, 5.74) is 1.05. The van der Waals surface area contributed by atoms with Crippen LogP contribution in [0.4, 0.5) is 0 Å². The number of thioether (sulfide) groups is 1. The van der Waals surface area contributed by atoms with Gasteiger partial charge in [-0.1, -0.05) is 29.8 Å². The number of thiophene rings is 1. The van der Waals surface area contributed by atoms with Crippen molar-refractivity contribution in [3.05, 3.63) is 57.2 Å². The van der Waals surface area contributed by atoms with Crippen molar-refractivity contribution in [3.63, 3.8) is 0 Å². The van der Waals surface area contributed by atoms with Crippen LogP contribution in [0.2, 0.25) is 5.02 Å². The number of benzene rings is 1. The number of carbonyl (C=O) groups is 1. The molecule has 1 aliphatic rings. The second-order valence-electron chi connectivity index (χ2n) is 5.50. The molecule has 1 aliphatic heterocycles. The van der Waals surface area contributed by atoms with Gasteiger partial charge in [-0.3, -0.25) is 4.79 Å². The third kappa shape index (κ3) is 4.73. The number of carbonyl (C=O) groups excluding carboxylic acids is 1. The van der Waals surface area contributed by atoms with Gasteiger partial charge in [-0.05, 0) is 29.1 Å². The molecule has 0 saturated carbocycles. The largest absolute Gasteiger partial charge is 0.344 e. The molecule has 3 rings (SSSR count). The molecule has 2 unspecified atom stereocenters. The summed E-state index contributed by atoms with van der Waals surface area (Å²) in [6.07, 6.45) is 0.516. The van der Waals surface area contributed by atoms with E-state index in [-0.39, 0.29) is 18.0 Å². The Kier molecular flexibility index (Phi) is 6.00. The van der Waals surface area contributed by atoms with Crippen molar-refractivity contribution in [3.8, 4) is 0 Å². The van der Waals surface area contributed by atoms with Crippen molar-refractivity contribution in [2.45, 2.75) is 18.5 Å². The average molecular weight is 367 g/mol. The highest BCUT2D eigenvalue weighted by Crippen LogP contribution is 2.27. The molecule has 23 heavy (non-hydrogen) atoms. The Morgan fingerprint density at radius 1 is 1.35 bits per heavy atom. The first-order valence-corrected chi connectivity index (χ1v) is 10.0. The molecule has 122 valence electrons. The van der Waals surface area contributed by atoms with Gasteiger partial charge in [-0.25, -0.2) is 0 Å². The molecule has 2 aromatic rings. The fourth-order valence-corrected chi connectivity index (χ4v) is 4.50. The van der Waals surface area contributed by atoms with Crippen LogP contribution in [0.3, 0.4) is 0 Å². The summed E-state index contributed by atoms with van der Waals surface area (Å²) < 4.78 is 0. The molecule has 2 heterocycles. The van der Waals surface area contributed by atoms with Crippen LogP contribution >= 0.6 is 34.7 Å². The predicted octanol–water partition coefficient (Wildman–Crippen LogP) is 3.70. The minimum atomic E-state index is -0.115. The SMILES string of the molecule is O=C(CC1CSCCN1)NC(c1ccc(Cl)cc1)c1cccs1. The summed E-state index contributed by atoms with van der Waals surface area (Å²) >= 11 is 9.54. The molecule has 6 heteroatoms. The van der Waals surface area contributed by atoms with Gasteiger partial charge in [0.05, 0.1) is 6.04 Å². The molecule has 0 radical (unpaired) electrons. The molecule has 0 aliphatic carbocycles. The van der Waals surface area contributed by atoms with Gasteiger partial charge >= 0.3 is 0 Å². The molecule has 1 aromatic heterocycles. The quantitative estimate of drug-likeness (QED) is 0.847. The Balaban J connectivity index is 1.71. The Morgan fingerprint density at radius 2 is 2.17 bits per heavy atom. The fourth-order valence-electron chi connectivity index (χ4n) is 2.62. The normalized spacial score (nSPS) is 19.3. The molecule has 3 nitrogen and oxygen atoms in total. The maximum absolute atomic E-state index is 12.5. The average Bonchev–Trinajstić information content (AvgIpc) is 3.09. The summed E-state index contributed by atoms with van der Waals surface area (Å²) in [4.78, 5) is 13.6. The second-order valence-corrected chi connectivity index (χ2v) is 8.06. The molecular weight excluding hydrogens is 348 g/mol. The Morgan fingerprint density at radius 3 is 2.83 bits per heavy atom. The van der Waals surface area contributed by atoms with E-state index in [0.29, 0.717) is 11.4 Å². The third-order valence-corrected chi connectivity index (χ3v) is 6.09. The van der Waals surface area contributed by atoms with Crippen LogP contribution in [0.25, 0.3) is 0 Å². The summed E-state index contributed by atoms with van der Waals surface area (Å²) in [5.74, 6) is 2.21. The first kappa shape index (κ1) is 16.8. The molecule has 1 fully saturated rings. The minimum absolute atomic E-state index is 0.0818. The van der Waals surface area contributed by atoms with Gasteiger partial charge in [0.25, 0.3) is 0 Å². The summed E-state index contributed by atoms with van der Waals surface area (Å²) in [6.45, 7) is 0.980. The van der Waals surface area contributed by atoms with Gasteiger partial charge < -0.3 is 10.6 Å². The lowest BCUT2D eigenvalue weighted by atomic mass is 10.0. The Hall–Kier alpha value is -1.01. The lowest BCUT2D eigenvalue weighted by Crippen LogP contribution is -2.42. The van der Waals surface area contributed by atoms with Crippen molar-refractivity contribution in [1.82, 2.24) is 10.6 Å². The summed E-state index contributed by atoms with van der Waals surface area (Å²) in [5, 5.41) is 9.32. The predicted molar refractivity (Wildman–Crippen MR) is 99.5 cm³/mol. The number of nitrogens with one attached hydrogen (secondary N) is 2. The van der Waals surface area contributed by atoms with E-state index < -0.39 is 0 Å². The van der Waals surface area contributed by atoms with E-state index in [4.69, 9.17) is 11.6 Å². The Bertz CT molecular complexity index is 625. The number of rotatable bonds is 5. The van der Waals surface area contributed by atoms with Crippen molar-refractivity contribution < 1.29 is 4.79 Å². The van der Waals surface area contributed by atoms with Crippen LogP contribution in [0.15, 0.2) is 41.8 Å². The molecule has 0 bridgehead atoms. The van der Waals surface area contributed by atoms with Gasteiger partial charge in [-0.2, -0.15) is 11.8 Å². The van der Waals surface area contributed by atoms with E-state index >= 15 is 0 Å². The Labute approximate surface area is 149 Å². The maximum Gasteiger partial charge on any atom is 0.222 e. The van der Waals surface area contributed by atoms with Crippen LogP contribution in [0, 0.1) is 0 Å². The van der Waals surface area contributed by atoms with Crippen LogP contribution in [0.5, 0.6) is 0 Å². The second kappa shape index (κ2) is 8.20. The smallest absolute Gasteiger partial charge is 0.222 e. The van der Waals surface area contributed by atoms with E-state index in [1.54, 1.807) is 11.3 Å². The highest BCUT2D eigenvalue weighted by molar-refractivity contribution is 7.99. The number of amides is 1. The van der Waals surface area contributed by atoms with Crippen molar-refractivity contribution in [1.29, 1.82) is 0 Å². The highest BCUT2D eigenvalue weighted by atomic mass is 35.5. The van der Waals surface area contributed by atoms with E-state index in [1.165, 1.54) is 0 Å². The fraction of sp³-hybridized carbons (Fsp3) is 0.353. The zero-order valence-electron chi connectivity index (χ0n) is 12.6. The van der Waals surface area contributed by atoms with Crippen LogP contribution < -0.4 is 10.6 Å². The van der Waals surface area contributed by atoms with Gasteiger partial charge in [-0.15, -0.1) is 11.3 Å². The lowest BCUT2D eigenvalue weighted by molar-refractivity contribution is -0.122. The highest BCUT2D eigenvalue weighted by Gasteiger charge is 2.21. The maximum atomic E-state index is 12.5. The van der Waals surface area contributed by atoms with E-state index in [9.17, 15) is 4.79 Å². The molecule has 1 aromatic carbocycles. The van der Waals surface area contributed by atoms with Gasteiger partial charge in [0.15, 0.2) is 0 Å². The molecule has 2 N–H and O–H groups in total. The zero-order chi connectivity index (χ0) is 16.1. The van der Waals surface area contributed by atoms with E-state index in [0.717, 1.165) is 28.5 Å². The van der Waals surface area contributed by atoms with Gasteiger partial charge in [0.1, 0.15) is 0 Å². The lowest BCUT2D eigenvalue weighted by Gasteiger charge is -2.24. The monoisotopic (exact) mass is 366 g/mol. The first-order valence-electron chi connectivity index (χ1n) is 7.62. The number of halogens is 1. The molecule has 2 atom stereocenters. The van der Waals surface area contributed by atoms with Crippen molar-refractivity contribution >= 4 is 40.6 Å². The molecule has 1 saturated heterocycles. The van der Waals surface area contributed by atoms with Gasteiger partial charge in [0.2, 0.25) is 5.91 Å².